The number of carbonyl (C=O) groups excluding carboxylic acids is 1. The molecule has 39 heavy (non-hydrogen) atoms. The van der Waals surface area contributed by atoms with Gasteiger partial charge in [0.05, 0.1) is 23.9 Å². The molecule has 7 rings (SSSR count). The molecule has 1 saturated heterocycles. The van der Waals surface area contributed by atoms with Gasteiger partial charge in [-0.1, -0.05) is 11.6 Å². The number of Topliss-reactive ketones (excluding diaryl/α,β-unsaturated/α-hetero) is 1. The first-order valence-electron chi connectivity index (χ1n) is 14.5. The second-order valence-corrected chi connectivity index (χ2v) is 11.9. The lowest BCUT2D eigenvalue weighted by atomic mass is 9.64. The molecule has 10 heteroatoms. The van der Waals surface area contributed by atoms with Crippen LogP contribution in [0.1, 0.15) is 80.9 Å². The summed E-state index contributed by atoms with van der Waals surface area (Å²) in [6.45, 7) is 4.66. The van der Waals surface area contributed by atoms with Gasteiger partial charge in [0, 0.05) is 43.2 Å². The van der Waals surface area contributed by atoms with Gasteiger partial charge >= 0.3 is 0 Å². The van der Waals surface area contributed by atoms with Crippen LogP contribution in [0.2, 0.25) is 0 Å². The van der Waals surface area contributed by atoms with Crippen LogP contribution in [-0.4, -0.2) is 61.3 Å². The van der Waals surface area contributed by atoms with Gasteiger partial charge in [-0.15, -0.1) is 0 Å². The topological polar surface area (TPSA) is 102 Å². The Labute approximate surface area is 228 Å². The average molecular weight is 532 g/mol. The maximum absolute atomic E-state index is 13.2. The van der Waals surface area contributed by atoms with E-state index in [0.29, 0.717) is 35.6 Å². The van der Waals surface area contributed by atoms with Crippen LogP contribution in [0.25, 0.3) is 11.5 Å². The highest BCUT2D eigenvalue weighted by Gasteiger charge is 2.48. The first-order valence-corrected chi connectivity index (χ1v) is 14.5. The molecule has 0 amide bonds. The highest BCUT2D eigenvalue weighted by atomic mass is 16.5. The zero-order valence-corrected chi connectivity index (χ0v) is 23.1. The molecule has 10 nitrogen and oxygen atoms in total. The summed E-state index contributed by atoms with van der Waals surface area (Å²) < 4.78 is 14.5. The van der Waals surface area contributed by atoms with Gasteiger partial charge in [-0.25, -0.2) is 4.98 Å². The standard InChI is InChI=1S/C29H37N7O3/c1-18(21-9-7-13-34(21)2)38-25-14-24(36-16-19-15-30-35(3)22(19)17-36)31-28(32-25)26-20-8-6-12-29(27(20)39-33-26)11-5-4-10-23(29)37/h14-15,18,21H,4-13,16-17H2,1-3H3/t18-,21-,29+/m0/s1. The number of fused-ring (bicyclic) bond motifs is 3. The van der Waals surface area contributed by atoms with E-state index in [1.807, 2.05) is 24.0 Å². The molecule has 0 radical (unpaired) electrons. The summed E-state index contributed by atoms with van der Waals surface area (Å²) in [5, 5.41) is 8.93. The molecule has 3 aromatic rings. The Morgan fingerprint density at radius 3 is 2.77 bits per heavy atom. The number of carbonyl (C=O) groups is 1. The third-order valence-corrected chi connectivity index (χ3v) is 9.54. The van der Waals surface area contributed by atoms with Gasteiger partial charge in [0.15, 0.2) is 17.3 Å². The van der Waals surface area contributed by atoms with E-state index in [2.05, 4.69) is 34.0 Å². The number of ether oxygens (including phenoxy) is 1. The number of rotatable bonds is 5. The zero-order valence-electron chi connectivity index (χ0n) is 23.1. The number of likely N-dealkylation sites (N-methyl/N-ethyl adjacent to an activating group) is 1. The summed E-state index contributed by atoms with van der Waals surface area (Å²) in [6, 6.07) is 2.30. The van der Waals surface area contributed by atoms with E-state index in [1.54, 1.807) is 0 Å². The minimum Gasteiger partial charge on any atom is -0.473 e. The summed E-state index contributed by atoms with van der Waals surface area (Å²) in [6.07, 6.45) is 10.3. The minimum absolute atomic E-state index is 0.0116. The van der Waals surface area contributed by atoms with Crippen molar-refractivity contribution in [3.63, 3.8) is 0 Å². The number of anilines is 1. The maximum atomic E-state index is 13.2. The molecule has 0 N–H and O–H groups in total. The van der Waals surface area contributed by atoms with Crippen molar-refractivity contribution in [3.8, 4) is 17.4 Å². The normalized spacial score (nSPS) is 25.8. The second kappa shape index (κ2) is 9.43. The lowest BCUT2D eigenvalue weighted by Crippen LogP contribution is -2.41. The van der Waals surface area contributed by atoms with E-state index in [-0.39, 0.29) is 6.10 Å². The number of aromatic nitrogens is 5. The summed E-state index contributed by atoms with van der Waals surface area (Å²) in [5.74, 6) is 2.91. The van der Waals surface area contributed by atoms with Crippen LogP contribution < -0.4 is 9.64 Å². The van der Waals surface area contributed by atoms with Crippen LogP contribution in [0, 0.1) is 0 Å². The van der Waals surface area contributed by atoms with Crippen molar-refractivity contribution in [2.24, 2.45) is 7.05 Å². The van der Waals surface area contributed by atoms with Gasteiger partial charge in [-0.05, 0) is 65.5 Å². The van der Waals surface area contributed by atoms with Crippen molar-refractivity contribution in [1.82, 2.24) is 29.8 Å². The number of hydrogen-bond donors (Lipinski definition) is 0. The molecule has 1 spiro atoms. The smallest absolute Gasteiger partial charge is 0.219 e. The summed E-state index contributed by atoms with van der Waals surface area (Å²) >= 11 is 0. The second-order valence-electron chi connectivity index (χ2n) is 11.9. The van der Waals surface area contributed by atoms with Crippen LogP contribution in [0.15, 0.2) is 16.8 Å². The van der Waals surface area contributed by atoms with Crippen LogP contribution >= 0.6 is 0 Å². The van der Waals surface area contributed by atoms with Crippen molar-refractivity contribution in [2.75, 3.05) is 18.5 Å². The Kier molecular flexibility index (Phi) is 5.98. The molecule has 2 aliphatic heterocycles. The van der Waals surface area contributed by atoms with Gasteiger partial charge in [0.1, 0.15) is 17.7 Å². The quantitative estimate of drug-likeness (QED) is 0.484. The van der Waals surface area contributed by atoms with E-state index in [1.165, 1.54) is 17.7 Å². The Morgan fingerprint density at radius 1 is 1.10 bits per heavy atom. The molecule has 4 aliphatic rings. The van der Waals surface area contributed by atoms with Crippen LogP contribution in [-0.2, 0) is 36.8 Å². The molecule has 3 aromatic heterocycles. The van der Waals surface area contributed by atoms with Gasteiger partial charge in [-0.2, -0.15) is 10.1 Å². The molecule has 0 bridgehead atoms. The molecule has 3 atom stereocenters. The third-order valence-electron chi connectivity index (χ3n) is 9.54. The van der Waals surface area contributed by atoms with E-state index < -0.39 is 5.41 Å². The molecule has 2 fully saturated rings. The summed E-state index contributed by atoms with van der Waals surface area (Å²) in [4.78, 5) is 27.7. The van der Waals surface area contributed by atoms with Gasteiger partial charge in [0.2, 0.25) is 5.88 Å². The molecule has 2 aliphatic carbocycles. The Hall–Kier alpha value is -3.27. The van der Waals surface area contributed by atoms with E-state index in [0.717, 1.165) is 81.7 Å². The van der Waals surface area contributed by atoms with Crippen molar-refractivity contribution in [2.45, 2.75) is 95.4 Å². The molecular weight excluding hydrogens is 494 g/mol. The van der Waals surface area contributed by atoms with Crippen molar-refractivity contribution in [3.05, 3.63) is 34.8 Å². The van der Waals surface area contributed by atoms with E-state index >= 15 is 0 Å². The predicted molar refractivity (Wildman–Crippen MR) is 144 cm³/mol. The largest absolute Gasteiger partial charge is 0.473 e. The fraction of sp³-hybridized carbons (Fsp3) is 0.621. The maximum Gasteiger partial charge on any atom is 0.219 e. The molecule has 0 unspecified atom stereocenters. The van der Waals surface area contributed by atoms with Gasteiger partial charge in [-0.3, -0.25) is 14.4 Å². The van der Waals surface area contributed by atoms with Gasteiger partial charge < -0.3 is 14.2 Å². The fourth-order valence-electron chi connectivity index (χ4n) is 7.36. The molecule has 0 aromatic carbocycles. The predicted octanol–water partition coefficient (Wildman–Crippen LogP) is 3.96. The Morgan fingerprint density at radius 2 is 1.97 bits per heavy atom. The first kappa shape index (κ1) is 24.7. The lowest BCUT2D eigenvalue weighted by molar-refractivity contribution is -0.128. The van der Waals surface area contributed by atoms with Crippen molar-refractivity contribution in [1.29, 1.82) is 0 Å². The Balaban J connectivity index is 1.27. The highest BCUT2D eigenvalue weighted by molar-refractivity contribution is 5.91. The molecular formula is C29H37N7O3. The number of nitrogens with zero attached hydrogens (tertiary/aromatic N) is 7. The molecule has 206 valence electrons. The van der Waals surface area contributed by atoms with Gasteiger partial charge in [0.25, 0.3) is 0 Å². The molecule has 1 saturated carbocycles. The first-order chi connectivity index (χ1) is 18.9. The number of hydrogen-bond acceptors (Lipinski definition) is 9. The molecule has 5 heterocycles. The minimum atomic E-state index is -0.529. The fourth-order valence-corrected chi connectivity index (χ4v) is 7.36. The highest BCUT2D eigenvalue weighted by Crippen LogP contribution is 2.47. The van der Waals surface area contributed by atoms with E-state index in [4.69, 9.17) is 19.2 Å². The van der Waals surface area contributed by atoms with Crippen LogP contribution in [0.3, 0.4) is 0 Å². The number of ketones is 1. The van der Waals surface area contributed by atoms with Crippen molar-refractivity contribution >= 4 is 11.6 Å². The lowest BCUT2D eigenvalue weighted by Gasteiger charge is -2.36. The van der Waals surface area contributed by atoms with Crippen LogP contribution in [0.4, 0.5) is 5.82 Å². The number of aryl methyl sites for hydroxylation is 1. The monoisotopic (exact) mass is 531 g/mol. The number of likely N-dealkylation sites (tertiary alicyclic amines) is 1. The summed E-state index contributed by atoms with van der Waals surface area (Å²) in [5.41, 5.74) is 3.52. The summed E-state index contributed by atoms with van der Waals surface area (Å²) in [7, 11) is 4.14. The zero-order chi connectivity index (χ0) is 26.7. The van der Waals surface area contributed by atoms with E-state index in [9.17, 15) is 4.79 Å². The SMILES string of the molecule is C[C@H](Oc1cc(N2Cc3cnn(C)c3C2)nc(-c2noc3c2CCC[C@@]32CCCCC2=O)n1)[C@@H]1CCCN1C. The average Bonchev–Trinajstić information content (AvgIpc) is 3.71. The Bertz CT molecular complexity index is 1410. The van der Waals surface area contributed by atoms with Crippen LogP contribution in [0.5, 0.6) is 5.88 Å². The third kappa shape index (κ3) is 4.06. The van der Waals surface area contributed by atoms with Crippen molar-refractivity contribution < 1.29 is 14.1 Å².